The quantitative estimate of drug-likeness (QED) is 0.726. The lowest BCUT2D eigenvalue weighted by Gasteiger charge is -2.23. The first kappa shape index (κ1) is 18.1. The van der Waals surface area contributed by atoms with Crippen LogP contribution < -0.4 is 5.73 Å². The molecule has 0 saturated carbocycles. The third-order valence-corrected chi connectivity index (χ3v) is 5.37. The van der Waals surface area contributed by atoms with Crippen LogP contribution in [0.3, 0.4) is 0 Å². The van der Waals surface area contributed by atoms with Crippen LogP contribution >= 0.6 is 0 Å². The Balaban J connectivity index is 3.15. The van der Waals surface area contributed by atoms with E-state index in [1.807, 2.05) is 6.07 Å². The molecular formula is C14H24N2O4S. The molecule has 0 aliphatic heterocycles. The van der Waals surface area contributed by atoms with Gasteiger partial charge in [0.2, 0.25) is 10.0 Å². The summed E-state index contributed by atoms with van der Waals surface area (Å²) in [6.07, 6.45) is 0. The Labute approximate surface area is 126 Å². The van der Waals surface area contributed by atoms with Gasteiger partial charge in [-0.3, -0.25) is 0 Å². The van der Waals surface area contributed by atoms with E-state index in [9.17, 15) is 8.42 Å². The molecule has 0 aliphatic carbocycles. The maximum Gasteiger partial charge on any atom is 0.243 e. The number of nitrogens with two attached hydrogens (primary N) is 1. The highest BCUT2D eigenvalue weighted by Gasteiger charge is 2.26. The average molecular weight is 316 g/mol. The Hall–Kier alpha value is -0.990. The van der Waals surface area contributed by atoms with Gasteiger partial charge in [-0.2, -0.15) is 4.31 Å². The van der Waals surface area contributed by atoms with E-state index in [-0.39, 0.29) is 18.0 Å². The monoisotopic (exact) mass is 316 g/mol. The number of sulfonamides is 1. The van der Waals surface area contributed by atoms with Crippen LogP contribution in [0, 0.1) is 6.92 Å². The van der Waals surface area contributed by atoms with Crippen molar-refractivity contribution in [2.24, 2.45) is 5.73 Å². The molecule has 0 radical (unpaired) electrons. The minimum Gasteiger partial charge on any atom is -0.383 e. The maximum absolute atomic E-state index is 12.8. The van der Waals surface area contributed by atoms with Crippen LogP contribution in [0.15, 0.2) is 23.1 Å². The van der Waals surface area contributed by atoms with Crippen molar-refractivity contribution in [1.82, 2.24) is 4.31 Å². The molecule has 2 N–H and O–H groups in total. The lowest BCUT2D eigenvalue weighted by molar-refractivity contribution is 0.150. The first-order valence-electron chi connectivity index (χ1n) is 6.75. The van der Waals surface area contributed by atoms with E-state index in [0.29, 0.717) is 25.3 Å². The molecule has 0 aromatic heterocycles. The molecular weight excluding hydrogens is 292 g/mol. The van der Waals surface area contributed by atoms with Crippen molar-refractivity contribution in [3.63, 3.8) is 0 Å². The fraction of sp³-hybridized carbons (Fsp3) is 0.571. The third kappa shape index (κ3) is 4.49. The largest absolute Gasteiger partial charge is 0.383 e. The topological polar surface area (TPSA) is 81.9 Å². The summed E-state index contributed by atoms with van der Waals surface area (Å²) in [4.78, 5) is 0.289. The van der Waals surface area contributed by atoms with Crippen molar-refractivity contribution < 1.29 is 17.9 Å². The summed E-state index contributed by atoms with van der Waals surface area (Å²) in [6.45, 7) is 3.32. The average Bonchev–Trinajstić information content (AvgIpc) is 2.47. The van der Waals surface area contributed by atoms with Gasteiger partial charge in [-0.05, 0) is 24.1 Å². The molecule has 0 saturated heterocycles. The fourth-order valence-corrected chi connectivity index (χ4v) is 3.71. The summed E-state index contributed by atoms with van der Waals surface area (Å²) in [5, 5.41) is 0. The van der Waals surface area contributed by atoms with Crippen LogP contribution in [0.4, 0.5) is 0 Å². The Morgan fingerprint density at radius 3 is 2.19 bits per heavy atom. The summed E-state index contributed by atoms with van der Waals surface area (Å²) < 4.78 is 37.0. The number of hydrogen-bond acceptors (Lipinski definition) is 5. The molecule has 6 nitrogen and oxygen atoms in total. The number of nitrogens with zero attached hydrogens (tertiary/aromatic N) is 1. The van der Waals surface area contributed by atoms with Crippen LogP contribution in [0.25, 0.3) is 0 Å². The van der Waals surface area contributed by atoms with Gasteiger partial charge in [-0.1, -0.05) is 12.1 Å². The highest BCUT2D eigenvalue weighted by Crippen LogP contribution is 2.22. The molecule has 0 fully saturated rings. The normalized spacial score (nSPS) is 12.0. The second-order valence-corrected chi connectivity index (χ2v) is 6.54. The molecule has 1 aromatic carbocycles. The minimum absolute atomic E-state index is 0.286. The van der Waals surface area contributed by atoms with E-state index < -0.39 is 10.0 Å². The molecule has 0 amide bonds. The van der Waals surface area contributed by atoms with Crippen molar-refractivity contribution in [2.45, 2.75) is 18.4 Å². The van der Waals surface area contributed by atoms with E-state index in [4.69, 9.17) is 15.2 Å². The Kier molecular flexibility index (Phi) is 7.27. The zero-order chi connectivity index (χ0) is 15.9. The van der Waals surface area contributed by atoms with Gasteiger partial charge in [0, 0.05) is 33.9 Å². The van der Waals surface area contributed by atoms with Gasteiger partial charge >= 0.3 is 0 Å². The number of hydrogen-bond donors (Lipinski definition) is 1. The second-order valence-electron chi connectivity index (χ2n) is 4.63. The van der Waals surface area contributed by atoms with E-state index in [1.54, 1.807) is 33.3 Å². The summed E-state index contributed by atoms with van der Waals surface area (Å²) in [5.74, 6) is 0. The first-order valence-corrected chi connectivity index (χ1v) is 8.19. The standard InChI is InChI=1S/C14H24N2O4S/c1-12-13(11-15)5-4-6-14(12)21(17,18)16(7-9-19-2)8-10-20-3/h4-6H,7-11,15H2,1-3H3. The first-order chi connectivity index (χ1) is 9.98. The number of rotatable bonds is 9. The fourth-order valence-electron chi connectivity index (χ4n) is 2.04. The van der Waals surface area contributed by atoms with Gasteiger partial charge in [0.15, 0.2) is 0 Å². The van der Waals surface area contributed by atoms with Crippen LogP contribution in [-0.2, 0) is 26.0 Å². The molecule has 0 atom stereocenters. The zero-order valence-electron chi connectivity index (χ0n) is 12.8. The molecule has 1 aromatic rings. The van der Waals surface area contributed by atoms with Crippen LogP contribution in [-0.4, -0.2) is 53.2 Å². The molecule has 1 rings (SSSR count). The van der Waals surface area contributed by atoms with Gasteiger partial charge in [0.25, 0.3) is 0 Å². The Morgan fingerprint density at radius 2 is 1.71 bits per heavy atom. The summed E-state index contributed by atoms with van der Waals surface area (Å²) in [6, 6.07) is 5.16. The smallest absolute Gasteiger partial charge is 0.243 e. The molecule has 21 heavy (non-hydrogen) atoms. The summed E-state index contributed by atoms with van der Waals surface area (Å²) in [7, 11) is -0.505. The highest BCUT2D eigenvalue weighted by molar-refractivity contribution is 7.89. The molecule has 0 aliphatic rings. The molecule has 120 valence electrons. The summed E-state index contributed by atoms with van der Waals surface area (Å²) >= 11 is 0. The predicted octanol–water partition coefficient (Wildman–Crippen LogP) is 0.737. The van der Waals surface area contributed by atoms with Crippen molar-refractivity contribution in [3.8, 4) is 0 Å². The lowest BCUT2D eigenvalue weighted by Crippen LogP contribution is -2.37. The molecule has 0 bridgehead atoms. The van der Waals surface area contributed by atoms with E-state index in [2.05, 4.69) is 0 Å². The van der Waals surface area contributed by atoms with Crippen LogP contribution in [0.2, 0.25) is 0 Å². The third-order valence-electron chi connectivity index (χ3n) is 3.32. The van der Waals surface area contributed by atoms with Crippen LogP contribution in [0.5, 0.6) is 0 Å². The molecule has 0 unspecified atom stereocenters. The highest BCUT2D eigenvalue weighted by atomic mass is 32.2. The number of benzene rings is 1. The van der Waals surface area contributed by atoms with E-state index in [0.717, 1.165) is 5.56 Å². The van der Waals surface area contributed by atoms with Gasteiger partial charge < -0.3 is 15.2 Å². The van der Waals surface area contributed by atoms with Gasteiger partial charge in [0.1, 0.15) is 0 Å². The zero-order valence-corrected chi connectivity index (χ0v) is 13.6. The Bertz CT molecular complexity index is 538. The van der Waals surface area contributed by atoms with Gasteiger partial charge in [-0.15, -0.1) is 0 Å². The Morgan fingerprint density at radius 1 is 1.14 bits per heavy atom. The number of methoxy groups -OCH3 is 2. The van der Waals surface area contributed by atoms with E-state index >= 15 is 0 Å². The van der Waals surface area contributed by atoms with Crippen molar-refractivity contribution >= 4 is 10.0 Å². The second kappa shape index (κ2) is 8.45. The maximum atomic E-state index is 12.8. The SMILES string of the molecule is COCCN(CCOC)S(=O)(=O)c1cccc(CN)c1C. The number of ether oxygens (including phenoxy) is 2. The molecule has 7 heteroatoms. The lowest BCUT2D eigenvalue weighted by atomic mass is 10.1. The van der Waals surface area contributed by atoms with Crippen molar-refractivity contribution in [3.05, 3.63) is 29.3 Å². The van der Waals surface area contributed by atoms with Crippen LogP contribution in [0.1, 0.15) is 11.1 Å². The van der Waals surface area contributed by atoms with Crippen molar-refractivity contribution in [1.29, 1.82) is 0 Å². The summed E-state index contributed by atoms with van der Waals surface area (Å²) in [5.41, 5.74) is 7.17. The van der Waals surface area contributed by atoms with Gasteiger partial charge in [0.05, 0.1) is 18.1 Å². The van der Waals surface area contributed by atoms with E-state index in [1.165, 1.54) is 4.31 Å². The molecule has 0 spiro atoms. The van der Waals surface area contributed by atoms with Crippen molar-refractivity contribution in [2.75, 3.05) is 40.5 Å². The minimum atomic E-state index is -3.59. The predicted molar refractivity (Wildman–Crippen MR) is 81.6 cm³/mol. The molecule has 0 heterocycles. The van der Waals surface area contributed by atoms with Gasteiger partial charge in [-0.25, -0.2) is 8.42 Å².